The molecule has 0 bridgehead atoms. The summed E-state index contributed by atoms with van der Waals surface area (Å²) < 4.78 is 0. The summed E-state index contributed by atoms with van der Waals surface area (Å²) in [6.45, 7) is 2.95. The van der Waals surface area contributed by atoms with Crippen molar-refractivity contribution in [3.05, 3.63) is 28.8 Å². The van der Waals surface area contributed by atoms with Gasteiger partial charge in [0, 0.05) is 6.54 Å². The second-order valence-electron chi connectivity index (χ2n) is 5.76. The van der Waals surface area contributed by atoms with Crippen LogP contribution in [0.5, 0.6) is 0 Å². The maximum Gasteiger partial charge on any atom is 0.252 e. The minimum Gasteiger partial charge on any atom is -0.398 e. The molecule has 19 heavy (non-hydrogen) atoms. The highest BCUT2D eigenvalue weighted by molar-refractivity contribution is 6.36. The molecule has 0 heterocycles. The van der Waals surface area contributed by atoms with Gasteiger partial charge in [-0.05, 0) is 30.4 Å². The lowest BCUT2D eigenvalue weighted by molar-refractivity contribution is 0.0919. The summed E-state index contributed by atoms with van der Waals surface area (Å²) in [5.74, 6) is -0.135. The molecule has 1 fully saturated rings. The van der Waals surface area contributed by atoms with E-state index in [1.165, 1.54) is 32.1 Å². The van der Waals surface area contributed by atoms with Crippen LogP contribution in [0.2, 0.25) is 5.02 Å². The molecule has 1 aliphatic carbocycles. The van der Waals surface area contributed by atoms with Crippen LogP contribution < -0.4 is 11.1 Å². The Labute approximate surface area is 119 Å². The Balaban J connectivity index is 1.99. The largest absolute Gasteiger partial charge is 0.398 e. The molecule has 0 aromatic heterocycles. The zero-order valence-corrected chi connectivity index (χ0v) is 12.1. The molecule has 0 unspecified atom stereocenters. The topological polar surface area (TPSA) is 55.1 Å². The van der Waals surface area contributed by atoms with Crippen molar-refractivity contribution < 1.29 is 4.79 Å². The van der Waals surface area contributed by atoms with Gasteiger partial charge in [-0.15, -0.1) is 0 Å². The fourth-order valence-electron chi connectivity index (χ4n) is 2.70. The smallest absolute Gasteiger partial charge is 0.252 e. The number of carbonyl (C=O) groups is 1. The van der Waals surface area contributed by atoms with Crippen molar-refractivity contribution >= 4 is 23.2 Å². The third-order valence-electron chi connectivity index (χ3n) is 4.01. The lowest BCUT2D eigenvalue weighted by atomic mass is 9.76. The highest BCUT2D eigenvalue weighted by Crippen LogP contribution is 2.35. The van der Waals surface area contributed by atoms with Crippen LogP contribution in [0.15, 0.2) is 18.2 Å². The van der Waals surface area contributed by atoms with Gasteiger partial charge in [0.15, 0.2) is 0 Å². The molecule has 0 atom stereocenters. The molecule has 2 rings (SSSR count). The van der Waals surface area contributed by atoms with E-state index in [1.54, 1.807) is 18.2 Å². The molecule has 1 aromatic carbocycles. The summed E-state index contributed by atoms with van der Waals surface area (Å²) in [5, 5.41) is 3.34. The molecule has 1 amide bonds. The van der Waals surface area contributed by atoms with Crippen LogP contribution in [-0.4, -0.2) is 12.5 Å². The van der Waals surface area contributed by atoms with Gasteiger partial charge in [-0.3, -0.25) is 4.79 Å². The van der Waals surface area contributed by atoms with Crippen LogP contribution in [0.25, 0.3) is 0 Å². The number of halogens is 1. The van der Waals surface area contributed by atoms with Gasteiger partial charge in [0.05, 0.1) is 16.3 Å². The Bertz CT molecular complexity index is 467. The highest BCUT2D eigenvalue weighted by atomic mass is 35.5. The molecule has 0 spiro atoms. The third-order valence-corrected chi connectivity index (χ3v) is 4.43. The molecule has 0 radical (unpaired) electrons. The van der Waals surface area contributed by atoms with Crippen molar-refractivity contribution in [2.45, 2.75) is 39.0 Å². The Morgan fingerprint density at radius 1 is 1.37 bits per heavy atom. The standard InChI is InChI=1S/C15H21ClN2O/c1-15(8-3-2-4-9-15)10-18-14(19)11-6-5-7-12(17)13(11)16/h5-7H,2-4,8-10,17H2,1H3,(H,18,19). The second-order valence-corrected chi connectivity index (χ2v) is 6.14. The molecule has 0 aliphatic heterocycles. The summed E-state index contributed by atoms with van der Waals surface area (Å²) in [4.78, 5) is 12.2. The van der Waals surface area contributed by atoms with Crippen LogP contribution in [0.4, 0.5) is 5.69 Å². The minimum atomic E-state index is -0.135. The van der Waals surface area contributed by atoms with Crippen molar-refractivity contribution in [1.82, 2.24) is 5.32 Å². The van der Waals surface area contributed by atoms with E-state index in [2.05, 4.69) is 12.2 Å². The quantitative estimate of drug-likeness (QED) is 0.831. The number of carbonyl (C=O) groups excluding carboxylic acids is 1. The summed E-state index contributed by atoms with van der Waals surface area (Å²) in [7, 11) is 0. The van der Waals surface area contributed by atoms with Crippen LogP contribution in [0, 0.1) is 5.41 Å². The number of rotatable bonds is 3. The van der Waals surface area contributed by atoms with Gasteiger partial charge in [0.25, 0.3) is 5.91 Å². The van der Waals surface area contributed by atoms with Crippen LogP contribution in [0.1, 0.15) is 49.4 Å². The average molecular weight is 281 g/mol. The number of benzene rings is 1. The average Bonchev–Trinajstić information content (AvgIpc) is 2.40. The van der Waals surface area contributed by atoms with Gasteiger partial charge in [-0.1, -0.05) is 43.9 Å². The van der Waals surface area contributed by atoms with E-state index in [0.29, 0.717) is 22.8 Å². The number of nitrogens with one attached hydrogen (secondary N) is 1. The van der Waals surface area contributed by atoms with E-state index < -0.39 is 0 Å². The fourth-order valence-corrected chi connectivity index (χ4v) is 2.91. The first-order valence-corrected chi connectivity index (χ1v) is 7.22. The number of nitrogen functional groups attached to an aromatic ring is 1. The van der Waals surface area contributed by atoms with Crippen molar-refractivity contribution in [2.75, 3.05) is 12.3 Å². The molecule has 1 aromatic rings. The van der Waals surface area contributed by atoms with Crippen LogP contribution >= 0.6 is 11.6 Å². The summed E-state index contributed by atoms with van der Waals surface area (Å²) in [6, 6.07) is 5.15. The van der Waals surface area contributed by atoms with Gasteiger partial charge < -0.3 is 11.1 Å². The maximum atomic E-state index is 12.2. The molecular weight excluding hydrogens is 260 g/mol. The lowest BCUT2D eigenvalue weighted by Crippen LogP contribution is -2.37. The molecule has 4 heteroatoms. The Hall–Kier alpha value is -1.22. The Kier molecular flexibility index (Phi) is 4.35. The predicted molar refractivity (Wildman–Crippen MR) is 79.4 cm³/mol. The van der Waals surface area contributed by atoms with E-state index in [0.717, 1.165) is 0 Å². The third kappa shape index (κ3) is 3.41. The van der Waals surface area contributed by atoms with Crippen molar-refractivity contribution in [3.63, 3.8) is 0 Å². The van der Waals surface area contributed by atoms with Crippen LogP contribution in [-0.2, 0) is 0 Å². The monoisotopic (exact) mass is 280 g/mol. The van der Waals surface area contributed by atoms with Gasteiger partial charge in [-0.2, -0.15) is 0 Å². The summed E-state index contributed by atoms with van der Waals surface area (Å²) in [5.41, 5.74) is 6.84. The molecule has 3 N–H and O–H groups in total. The number of hydrogen-bond acceptors (Lipinski definition) is 2. The van der Waals surface area contributed by atoms with E-state index in [9.17, 15) is 4.79 Å². The van der Waals surface area contributed by atoms with E-state index in [1.807, 2.05) is 0 Å². The molecule has 3 nitrogen and oxygen atoms in total. The maximum absolute atomic E-state index is 12.2. The number of anilines is 1. The number of hydrogen-bond donors (Lipinski definition) is 2. The van der Waals surface area contributed by atoms with Crippen molar-refractivity contribution in [3.8, 4) is 0 Å². The zero-order valence-electron chi connectivity index (χ0n) is 11.3. The van der Waals surface area contributed by atoms with Gasteiger partial charge in [-0.25, -0.2) is 0 Å². The summed E-state index contributed by atoms with van der Waals surface area (Å²) in [6.07, 6.45) is 6.18. The predicted octanol–water partition coefficient (Wildman–Crippen LogP) is 3.62. The molecule has 1 aliphatic rings. The van der Waals surface area contributed by atoms with E-state index in [4.69, 9.17) is 17.3 Å². The van der Waals surface area contributed by atoms with E-state index in [-0.39, 0.29) is 11.3 Å². The zero-order chi connectivity index (χ0) is 13.9. The second kappa shape index (κ2) is 5.83. The molecular formula is C15H21ClN2O. The molecule has 0 saturated heterocycles. The fraction of sp³-hybridized carbons (Fsp3) is 0.533. The van der Waals surface area contributed by atoms with E-state index >= 15 is 0 Å². The Morgan fingerprint density at radius 2 is 2.05 bits per heavy atom. The van der Waals surface area contributed by atoms with Gasteiger partial charge in [0.2, 0.25) is 0 Å². The first-order valence-electron chi connectivity index (χ1n) is 6.84. The minimum absolute atomic E-state index is 0.135. The SMILES string of the molecule is CC1(CNC(=O)c2cccc(N)c2Cl)CCCCC1. The van der Waals surface area contributed by atoms with Crippen molar-refractivity contribution in [1.29, 1.82) is 0 Å². The molecule has 1 saturated carbocycles. The number of nitrogens with two attached hydrogens (primary N) is 1. The number of amides is 1. The first-order chi connectivity index (χ1) is 9.02. The highest BCUT2D eigenvalue weighted by Gasteiger charge is 2.27. The normalized spacial score (nSPS) is 18.0. The van der Waals surface area contributed by atoms with Crippen LogP contribution in [0.3, 0.4) is 0 Å². The van der Waals surface area contributed by atoms with Gasteiger partial charge in [0.1, 0.15) is 0 Å². The first kappa shape index (κ1) is 14.2. The summed E-state index contributed by atoms with van der Waals surface area (Å²) >= 11 is 6.06. The molecule has 104 valence electrons. The lowest BCUT2D eigenvalue weighted by Gasteiger charge is -2.33. The Morgan fingerprint density at radius 3 is 2.74 bits per heavy atom. The van der Waals surface area contributed by atoms with Gasteiger partial charge >= 0.3 is 0 Å². The van der Waals surface area contributed by atoms with Crippen molar-refractivity contribution in [2.24, 2.45) is 5.41 Å².